The predicted molar refractivity (Wildman–Crippen MR) is 86.1 cm³/mol. The van der Waals surface area contributed by atoms with E-state index in [9.17, 15) is 0 Å². The zero-order chi connectivity index (χ0) is 15.3. The molecule has 1 aromatic rings. The van der Waals surface area contributed by atoms with Crippen molar-refractivity contribution in [3.63, 3.8) is 0 Å². The number of hydrogen-bond donors (Lipinski definition) is 1. The second-order valence-electron chi connectivity index (χ2n) is 6.08. The molecule has 0 bridgehead atoms. The van der Waals surface area contributed by atoms with Crippen LogP contribution in [0, 0.1) is 5.92 Å². The molecule has 0 aliphatic rings. The molecule has 20 heavy (non-hydrogen) atoms. The van der Waals surface area contributed by atoms with E-state index in [1.54, 1.807) is 7.11 Å². The lowest BCUT2D eigenvalue weighted by atomic mass is 9.73. The van der Waals surface area contributed by atoms with Gasteiger partial charge in [0.1, 0.15) is 5.75 Å². The molecule has 0 aliphatic heterocycles. The van der Waals surface area contributed by atoms with Gasteiger partial charge in [-0.15, -0.1) is 0 Å². The zero-order valence-electron chi connectivity index (χ0n) is 13.8. The first-order valence-corrected chi connectivity index (χ1v) is 7.47. The van der Waals surface area contributed by atoms with Crippen LogP contribution in [0.15, 0.2) is 24.3 Å². The van der Waals surface area contributed by atoms with Gasteiger partial charge in [0.15, 0.2) is 0 Å². The van der Waals surface area contributed by atoms with Crippen LogP contribution in [-0.2, 0) is 5.54 Å². The Balaban J connectivity index is 3.23. The van der Waals surface area contributed by atoms with Gasteiger partial charge in [0.05, 0.1) is 12.6 Å². The summed E-state index contributed by atoms with van der Waals surface area (Å²) < 4.78 is 5.25. The number of benzene rings is 1. The summed E-state index contributed by atoms with van der Waals surface area (Å²) in [6.45, 7) is 6.62. The van der Waals surface area contributed by atoms with Crippen LogP contribution in [0.2, 0.25) is 0 Å². The van der Waals surface area contributed by atoms with Crippen molar-refractivity contribution in [2.75, 3.05) is 21.2 Å². The lowest BCUT2D eigenvalue weighted by Gasteiger charge is -2.45. The summed E-state index contributed by atoms with van der Waals surface area (Å²) in [4.78, 5) is 2.26. The quantitative estimate of drug-likeness (QED) is 0.832. The molecule has 0 spiro atoms. The van der Waals surface area contributed by atoms with E-state index in [0.717, 1.165) is 18.6 Å². The molecule has 0 aromatic heterocycles. The average Bonchev–Trinajstić information content (AvgIpc) is 2.43. The molecule has 1 rings (SSSR count). The second-order valence-corrected chi connectivity index (χ2v) is 6.08. The maximum absolute atomic E-state index is 6.90. The number of rotatable bonds is 7. The van der Waals surface area contributed by atoms with E-state index < -0.39 is 0 Å². The Hall–Kier alpha value is -1.06. The maximum Gasteiger partial charge on any atom is 0.118 e. The van der Waals surface area contributed by atoms with Crippen LogP contribution in [0.1, 0.15) is 39.2 Å². The van der Waals surface area contributed by atoms with Crippen molar-refractivity contribution < 1.29 is 4.74 Å². The van der Waals surface area contributed by atoms with Crippen molar-refractivity contribution in [1.82, 2.24) is 4.90 Å². The number of nitrogens with two attached hydrogens (primary N) is 1. The van der Waals surface area contributed by atoms with E-state index in [1.165, 1.54) is 5.56 Å². The summed E-state index contributed by atoms with van der Waals surface area (Å²) >= 11 is 0. The molecule has 0 saturated heterocycles. The number of hydrogen-bond acceptors (Lipinski definition) is 3. The Morgan fingerprint density at radius 3 is 2.10 bits per heavy atom. The van der Waals surface area contributed by atoms with Crippen LogP contribution in [0.25, 0.3) is 0 Å². The molecule has 2 N–H and O–H groups in total. The smallest absolute Gasteiger partial charge is 0.118 e. The van der Waals surface area contributed by atoms with Gasteiger partial charge in [-0.3, -0.25) is 0 Å². The summed E-state index contributed by atoms with van der Waals surface area (Å²) in [5.74, 6) is 1.23. The molecule has 0 amide bonds. The van der Waals surface area contributed by atoms with Crippen LogP contribution in [-0.4, -0.2) is 32.1 Å². The van der Waals surface area contributed by atoms with Crippen molar-refractivity contribution >= 4 is 0 Å². The first kappa shape index (κ1) is 17.0. The fourth-order valence-electron chi connectivity index (χ4n) is 2.99. The van der Waals surface area contributed by atoms with Gasteiger partial charge in [-0.2, -0.15) is 0 Å². The van der Waals surface area contributed by atoms with Crippen LogP contribution >= 0.6 is 0 Å². The summed E-state index contributed by atoms with van der Waals surface area (Å²) in [6, 6.07) is 8.52. The molecular weight excluding hydrogens is 248 g/mol. The topological polar surface area (TPSA) is 38.5 Å². The minimum atomic E-state index is -0.355. The molecule has 3 nitrogen and oxygen atoms in total. The summed E-state index contributed by atoms with van der Waals surface area (Å²) in [5.41, 5.74) is 7.73. The highest BCUT2D eigenvalue weighted by Crippen LogP contribution is 2.35. The SMILES string of the molecule is CCCC(N(C)C)C(N)(c1ccc(OC)cc1)C(C)C. The van der Waals surface area contributed by atoms with E-state index in [4.69, 9.17) is 10.5 Å². The van der Waals surface area contributed by atoms with Crippen molar-refractivity contribution in [2.24, 2.45) is 11.7 Å². The highest BCUT2D eigenvalue weighted by Gasteiger charge is 2.40. The van der Waals surface area contributed by atoms with E-state index in [2.05, 4.69) is 51.9 Å². The van der Waals surface area contributed by atoms with Gasteiger partial charge in [-0.25, -0.2) is 0 Å². The molecule has 2 unspecified atom stereocenters. The molecule has 0 saturated carbocycles. The molecule has 1 aromatic carbocycles. The van der Waals surface area contributed by atoms with Crippen molar-refractivity contribution in [2.45, 2.75) is 45.2 Å². The van der Waals surface area contributed by atoms with Gasteiger partial charge in [-0.05, 0) is 44.1 Å². The van der Waals surface area contributed by atoms with Crippen molar-refractivity contribution in [3.05, 3.63) is 29.8 Å². The fourth-order valence-corrected chi connectivity index (χ4v) is 2.99. The van der Waals surface area contributed by atoms with Crippen LogP contribution in [0.3, 0.4) is 0 Å². The van der Waals surface area contributed by atoms with Crippen LogP contribution in [0.4, 0.5) is 0 Å². The molecular formula is C17H30N2O. The van der Waals surface area contributed by atoms with Gasteiger partial charge >= 0.3 is 0 Å². The molecule has 114 valence electrons. The maximum atomic E-state index is 6.90. The second kappa shape index (κ2) is 7.09. The molecule has 0 heterocycles. The van der Waals surface area contributed by atoms with Gasteiger partial charge in [0.2, 0.25) is 0 Å². The average molecular weight is 278 g/mol. The minimum absolute atomic E-state index is 0.320. The first-order valence-electron chi connectivity index (χ1n) is 7.47. The Kier molecular flexibility index (Phi) is 6.03. The molecule has 0 radical (unpaired) electrons. The van der Waals surface area contributed by atoms with Gasteiger partial charge < -0.3 is 15.4 Å². The number of nitrogens with zero attached hydrogens (tertiary/aromatic N) is 1. The minimum Gasteiger partial charge on any atom is -0.497 e. The molecule has 3 heteroatoms. The van der Waals surface area contributed by atoms with E-state index in [-0.39, 0.29) is 5.54 Å². The third-order valence-corrected chi connectivity index (χ3v) is 4.28. The lowest BCUT2D eigenvalue weighted by molar-refractivity contribution is 0.122. The number of ether oxygens (including phenoxy) is 1. The normalized spacial score (nSPS) is 16.2. The molecule has 2 atom stereocenters. The van der Waals surface area contributed by atoms with Crippen LogP contribution in [0.5, 0.6) is 5.75 Å². The third kappa shape index (κ3) is 3.33. The van der Waals surface area contributed by atoms with E-state index in [1.807, 2.05) is 12.1 Å². The summed E-state index contributed by atoms with van der Waals surface area (Å²) in [6.07, 6.45) is 2.22. The Morgan fingerprint density at radius 2 is 1.75 bits per heavy atom. The predicted octanol–water partition coefficient (Wildman–Crippen LogP) is 3.24. The van der Waals surface area contributed by atoms with Gasteiger partial charge in [-0.1, -0.05) is 39.3 Å². The standard InChI is InChI=1S/C17H30N2O/c1-7-8-16(19(4)5)17(18,13(2)3)14-9-11-15(20-6)12-10-14/h9-13,16H,7-8,18H2,1-6H3. The van der Waals surface area contributed by atoms with Gasteiger partial charge in [0, 0.05) is 6.04 Å². The Bertz CT molecular complexity index is 400. The zero-order valence-corrected chi connectivity index (χ0v) is 13.8. The highest BCUT2D eigenvalue weighted by atomic mass is 16.5. The van der Waals surface area contributed by atoms with Crippen molar-refractivity contribution in [1.29, 1.82) is 0 Å². The number of methoxy groups -OCH3 is 1. The van der Waals surface area contributed by atoms with E-state index in [0.29, 0.717) is 12.0 Å². The summed E-state index contributed by atoms with van der Waals surface area (Å²) in [5, 5.41) is 0. The fraction of sp³-hybridized carbons (Fsp3) is 0.647. The summed E-state index contributed by atoms with van der Waals surface area (Å²) in [7, 11) is 5.93. The van der Waals surface area contributed by atoms with E-state index >= 15 is 0 Å². The monoisotopic (exact) mass is 278 g/mol. The highest BCUT2D eigenvalue weighted by molar-refractivity contribution is 5.33. The third-order valence-electron chi connectivity index (χ3n) is 4.28. The first-order chi connectivity index (χ1) is 9.37. The van der Waals surface area contributed by atoms with Crippen LogP contribution < -0.4 is 10.5 Å². The van der Waals surface area contributed by atoms with Crippen molar-refractivity contribution in [3.8, 4) is 5.75 Å². The molecule has 0 aliphatic carbocycles. The molecule has 0 fully saturated rings. The van der Waals surface area contributed by atoms with Gasteiger partial charge in [0.25, 0.3) is 0 Å². The Morgan fingerprint density at radius 1 is 1.20 bits per heavy atom. The number of likely N-dealkylation sites (N-methyl/N-ethyl adjacent to an activating group) is 1. The lowest BCUT2D eigenvalue weighted by Crippen LogP contribution is -2.57. The largest absolute Gasteiger partial charge is 0.497 e. The Labute approximate surface area is 124 Å².